The third-order valence-corrected chi connectivity index (χ3v) is 7.65. The molecule has 1 amide bonds. The summed E-state index contributed by atoms with van der Waals surface area (Å²) in [6.07, 6.45) is 0.761. The van der Waals surface area contributed by atoms with Gasteiger partial charge in [0, 0.05) is 11.7 Å². The maximum Gasteiger partial charge on any atom is 0.264 e. The van der Waals surface area contributed by atoms with E-state index in [0.717, 1.165) is 28.8 Å². The SMILES string of the molecule is Cc1ccc(N(CC(=O)N2c3ccccc3C[C@@H]2C)S(=O)(=O)c2ccccc2)cc1C. The Labute approximate surface area is 184 Å². The molecule has 1 aliphatic heterocycles. The van der Waals surface area contributed by atoms with Gasteiger partial charge in [-0.25, -0.2) is 8.42 Å². The number of carbonyl (C=O) groups is 1. The molecule has 0 unspecified atom stereocenters. The molecule has 1 heterocycles. The molecule has 1 aliphatic rings. The smallest absolute Gasteiger partial charge is 0.264 e. The van der Waals surface area contributed by atoms with Gasteiger partial charge in [-0.2, -0.15) is 0 Å². The molecule has 0 aliphatic carbocycles. The van der Waals surface area contributed by atoms with Gasteiger partial charge < -0.3 is 4.90 Å². The van der Waals surface area contributed by atoms with Crippen molar-refractivity contribution >= 4 is 27.3 Å². The molecule has 3 aromatic rings. The van der Waals surface area contributed by atoms with Crippen molar-refractivity contribution in [2.75, 3.05) is 15.7 Å². The predicted octanol–water partition coefficient (Wildman–Crippen LogP) is 4.48. The van der Waals surface area contributed by atoms with E-state index in [2.05, 4.69) is 0 Å². The van der Waals surface area contributed by atoms with E-state index >= 15 is 0 Å². The van der Waals surface area contributed by atoms with Crippen molar-refractivity contribution in [1.82, 2.24) is 0 Å². The third-order valence-electron chi connectivity index (χ3n) is 5.86. The number of benzene rings is 3. The van der Waals surface area contributed by atoms with Gasteiger partial charge in [-0.3, -0.25) is 9.10 Å². The fraction of sp³-hybridized carbons (Fsp3) is 0.240. The number of carbonyl (C=O) groups excluding carboxylic acids is 1. The van der Waals surface area contributed by atoms with E-state index in [1.54, 1.807) is 41.3 Å². The minimum atomic E-state index is -3.92. The molecule has 0 saturated heterocycles. The molecule has 0 spiro atoms. The Kier molecular flexibility index (Phi) is 5.58. The second kappa shape index (κ2) is 8.19. The molecule has 31 heavy (non-hydrogen) atoms. The van der Waals surface area contributed by atoms with Crippen LogP contribution in [0.25, 0.3) is 0 Å². The van der Waals surface area contributed by atoms with Crippen LogP contribution in [-0.2, 0) is 21.2 Å². The molecule has 1 atom stereocenters. The lowest BCUT2D eigenvalue weighted by Crippen LogP contribution is -2.45. The zero-order valence-corrected chi connectivity index (χ0v) is 18.8. The van der Waals surface area contributed by atoms with Gasteiger partial charge in [-0.05, 0) is 74.2 Å². The highest BCUT2D eigenvalue weighted by atomic mass is 32.2. The van der Waals surface area contributed by atoms with Crippen molar-refractivity contribution in [3.63, 3.8) is 0 Å². The molecule has 6 heteroatoms. The van der Waals surface area contributed by atoms with Crippen LogP contribution in [0, 0.1) is 13.8 Å². The number of amides is 1. The summed E-state index contributed by atoms with van der Waals surface area (Å²) >= 11 is 0. The fourth-order valence-corrected chi connectivity index (χ4v) is 5.49. The van der Waals surface area contributed by atoms with Crippen LogP contribution in [0.1, 0.15) is 23.6 Å². The zero-order valence-electron chi connectivity index (χ0n) is 17.9. The standard InChI is InChI=1S/C25H26N2O3S/c1-18-13-14-22(15-19(18)2)26(31(29,30)23-10-5-4-6-11-23)17-25(28)27-20(3)16-21-9-7-8-12-24(21)27/h4-15,20H,16-17H2,1-3H3/t20-/m0/s1. The predicted molar refractivity (Wildman–Crippen MR) is 124 cm³/mol. The van der Waals surface area contributed by atoms with Crippen LogP contribution in [0.2, 0.25) is 0 Å². The summed E-state index contributed by atoms with van der Waals surface area (Å²) in [7, 11) is -3.92. The first-order valence-electron chi connectivity index (χ1n) is 10.3. The second-order valence-corrected chi connectivity index (χ2v) is 9.90. The Morgan fingerprint density at radius 3 is 2.35 bits per heavy atom. The normalized spacial score (nSPS) is 15.6. The van der Waals surface area contributed by atoms with Crippen molar-refractivity contribution < 1.29 is 13.2 Å². The molecule has 0 aromatic heterocycles. The number of nitrogens with zero attached hydrogens (tertiary/aromatic N) is 2. The quantitative estimate of drug-likeness (QED) is 0.595. The molecule has 0 N–H and O–H groups in total. The van der Waals surface area contributed by atoms with Crippen LogP contribution in [0.3, 0.4) is 0 Å². The lowest BCUT2D eigenvalue weighted by Gasteiger charge is -2.29. The Balaban J connectivity index is 1.75. The van der Waals surface area contributed by atoms with Crippen molar-refractivity contribution in [3.8, 4) is 0 Å². The van der Waals surface area contributed by atoms with E-state index in [9.17, 15) is 13.2 Å². The Morgan fingerprint density at radius 2 is 1.65 bits per heavy atom. The topological polar surface area (TPSA) is 57.7 Å². The van der Waals surface area contributed by atoms with E-state index in [4.69, 9.17) is 0 Å². The van der Waals surface area contributed by atoms with Crippen LogP contribution in [0.5, 0.6) is 0 Å². The van der Waals surface area contributed by atoms with Gasteiger partial charge in [0.05, 0.1) is 10.6 Å². The minimum absolute atomic E-state index is 0.0223. The summed E-state index contributed by atoms with van der Waals surface area (Å²) in [5, 5.41) is 0. The summed E-state index contributed by atoms with van der Waals surface area (Å²) < 4.78 is 28.4. The van der Waals surface area contributed by atoms with Gasteiger partial charge >= 0.3 is 0 Å². The summed E-state index contributed by atoms with van der Waals surface area (Å²) in [5.74, 6) is -0.241. The van der Waals surface area contributed by atoms with Crippen molar-refractivity contribution in [2.24, 2.45) is 0 Å². The van der Waals surface area contributed by atoms with E-state index in [1.807, 2.05) is 57.2 Å². The van der Waals surface area contributed by atoms with Crippen LogP contribution in [-0.4, -0.2) is 26.9 Å². The van der Waals surface area contributed by atoms with Crippen LogP contribution >= 0.6 is 0 Å². The lowest BCUT2D eigenvalue weighted by atomic mass is 10.1. The summed E-state index contributed by atoms with van der Waals surface area (Å²) in [6.45, 7) is 5.64. The number of hydrogen-bond donors (Lipinski definition) is 0. The molecule has 0 saturated carbocycles. The highest BCUT2D eigenvalue weighted by Crippen LogP contribution is 2.33. The molecule has 5 nitrogen and oxygen atoms in total. The number of sulfonamides is 1. The van der Waals surface area contributed by atoms with E-state index in [-0.39, 0.29) is 23.4 Å². The average Bonchev–Trinajstić information content (AvgIpc) is 3.10. The Morgan fingerprint density at radius 1 is 0.968 bits per heavy atom. The van der Waals surface area contributed by atoms with Crippen LogP contribution in [0.4, 0.5) is 11.4 Å². The molecule has 4 rings (SSSR count). The van der Waals surface area contributed by atoms with Gasteiger partial charge in [0.15, 0.2) is 0 Å². The highest BCUT2D eigenvalue weighted by Gasteiger charge is 2.34. The van der Waals surface area contributed by atoms with Crippen molar-refractivity contribution in [2.45, 2.75) is 38.1 Å². The molecule has 0 radical (unpaired) electrons. The molecule has 0 bridgehead atoms. The minimum Gasteiger partial charge on any atom is -0.307 e. The van der Waals surface area contributed by atoms with Gasteiger partial charge in [0.25, 0.3) is 10.0 Å². The lowest BCUT2D eigenvalue weighted by molar-refractivity contribution is -0.117. The zero-order chi connectivity index (χ0) is 22.2. The monoisotopic (exact) mass is 434 g/mol. The third kappa shape index (κ3) is 3.95. The Bertz CT molecular complexity index is 1220. The second-order valence-electron chi connectivity index (χ2n) is 8.04. The van der Waals surface area contributed by atoms with E-state index in [0.29, 0.717) is 5.69 Å². The maximum atomic E-state index is 13.6. The number of anilines is 2. The Hall–Kier alpha value is -3.12. The molecule has 3 aromatic carbocycles. The number of rotatable bonds is 5. The number of hydrogen-bond acceptors (Lipinski definition) is 3. The average molecular weight is 435 g/mol. The number of aryl methyl sites for hydroxylation is 2. The largest absolute Gasteiger partial charge is 0.307 e. The van der Waals surface area contributed by atoms with Gasteiger partial charge in [-0.1, -0.05) is 42.5 Å². The summed E-state index contributed by atoms with van der Waals surface area (Å²) in [5.41, 5.74) is 4.48. The van der Waals surface area contributed by atoms with E-state index < -0.39 is 10.0 Å². The van der Waals surface area contributed by atoms with Gasteiger partial charge in [0.1, 0.15) is 6.54 Å². The highest BCUT2D eigenvalue weighted by molar-refractivity contribution is 7.92. The maximum absolute atomic E-state index is 13.6. The fourth-order valence-electron chi connectivity index (χ4n) is 4.06. The number of para-hydroxylation sites is 1. The van der Waals surface area contributed by atoms with Crippen molar-refractivity contribution in [3.05, 3.63) is 89.5 Å². The van der Waals surface area contributed by atoms with E-state index in [1.165, 1.54) is 4.31 Å². The first kappa shape index (κ1) is 21.1. The molecular weight excluding hydrogens is 408 g/mol. The van der Waals surface area contributed by atoms with Crippen LogP contribution in [0.15, 0.2) is 77.7 Å². The van der Waals surface area contributed by atoms with Gasteiger partial charge in [-0.15, -0.1) is 0 Å². The van der Waals surface area contributed by atoms with Gasteiger partial charge in [0.2, 0.25) is 5.91 Å². The van der Waals surface area contributed by atoms with Crippen LogP contribution < -0.4 is 9.21 Å². The van der Waals surface area contributed by atoms with Crippen molar-refractivity contribution in [1.29, 1.82) is 0 Å². The summed E-state index contributed by atoms with van der Waals surface area (Å²) in [4.78, 5) is 15.3. The molecular formula is C25H26N2O3S. The number of fused-ring (bicyclic) bond motifs is 1. The first-order valence-corrected chi connectivity index (χ1v) is 11.8. The first-order chi connectivity index (χ1) is 14.8. The molecule has 160 valence electrons. The summed E-state index contributed by atoms with van der Waals surface area (Å²) in [6, 6.07) is 21.5. The molecule has 0 fully saturated rings.